The van der Waals surface area contributed by atoms with Gasteiger partial charge in [0.05, 0.1) is 19.3 Å². The van der Waals surface area contributed by atoms with Crippen LogP contribution in [-0.2, 0) is 11.3 Å². The van der Waals surface area contributed by atoms with Gasteiger partial charge in [0, 0.05) is 23.9 Å². The van der Waals surface area contributed by atoms with Crippen molar-refractivity contribution in [2.45, 2.75) is 19.9 Å². The molecule has 0 saturated carbocycles. The largest absolute Gasteiger partial charge is 0.477 e. The molecule has 0 spiro atoms. The third-order valence-corrected chi connectivity index (χ3v) is 3.28. The SMILES string of the molecule is CCCOc1ncccc1CNC(=O)c1cccc(C(=O)OC)c1. The first-order chi connectivity index (χ1) is 11.7. The molecule has 0 bridgehead atoms. The second-order valence-electron chi connectivity index (χ2n) is 5.07. The normalized spacial score (nSPS) is 10.1. The van der Waals surface area contributed by atoms with Crippen molar-refractivity contribution in [3.8, 4) is 5.88 Å². The molecule has 24 heavy (non-hydrogen) atoms. The summed E-state index contributed by atoms with van der Waals surface area (Å²) in [6, 6.07) is 10.0. The average molecular weight is 328 g/mol. The second-order valence-corrected chi connectivity index (χ2v) is 5.07. The van der Waals surface area contributed by atoms with Crippen molar-refractivity contribution >= 4 is 11.9 Å². The van der Waals surface area contributed by atoms with E-state index in [-0.39, 0.29) is 12.5 Å². The zero-order valence-electron chi connectivity index (χ0n) is 13.7. The van der Waals surface area contributed by atoms with E-state index in [0.29, 0.717) is 23.6 Å². The molecule has 0 fully saturated rings. The molecule has 0 aliphatic rings. The number of pyridine rings is 1. The number of ether oxygens (including phenoxy) is 2. The lowest BCUT2D eigenvalue weighted by atomic mass is 10.1. The van der Waals surface area contributed by atoms with Crippen LogP contribution in [0.4, 0.5) is 0 Å². The predicted molar refractivity (Wildman–Crippen MR) is 89.0 cm³/mol. The molecule has 0 aliphatic heterocycles. The lowest BCUT2D eigenvalue weighted by Crippen LogP contribution is -2.23. The van der Waals surface area contributed by atoms with Gasteiger partial charge in [-0.3, -0.25) is 4.79 Å². The van der Waals surface area contributed by atoms with Crippen LogP contribution in [-0.4, -0.2) is 30.6 Å². The molecule has 1 amide bonds. The molecule has 126 valence electrons. The molecule has 1 N–H and O–H groups in total. The van der Waals surface area contributed by atoms with E-state index >= 15 is 0 Å². The number of hydrogen-bond acceptors (Lipinski definition) is 5. The molecule has 0 unspecified atom stereocenters. The first-order valence-electron chi connectivity index (χ1n) is 7.69. The molecule has 1 heterocycles. The number of carbonyl (C=O) groups is 2. The fourth-order valence-corrected chi connectivity index (χ4v) is 2.07. The topological polar surface area (TPSA) is 77.5 Å². The van der Waals surface area contributed by atoms with Gasteiger partial charge in [0.1, 0.15) is 0 Å². The van der Waals surface area contributed by atoms with E-state index in [1.54, 1.807) is 30.5 Å². The summed E-state index contributed by atoms with van der Waals surface area (Å²) in [7, 11) is 1.30. The maximum absolute atomic E-state index is 12.3. The number of carbonyl (C=O) groups excluding carboxylic acids is 2. The van der Waals surface area contributed by atoms with Crippen molar-refractivity contribution in [3.05, 3.63) is 59.3 Å². The lowest BCUT2D eigenvalue weighted by Gasteiger charge is -2.10. The zero-order chi connectivity index (χ0) is 17.4. The number of methoxy groups -OCH3 is 1. The third-order valence-electron chi connectivity index (χ3n) is 3.28. The smallest absolute Gasteiger partial charge is 0.337 e. The minimum Gasteiger partial charge on any atom is -0.477 e. The Kier molecular flexibility index (Phi) is 6.31. The first-order valence-corrected chi connectivity index (χ1v) is 7.69. The van der Waals surface area contributed by atoms with Crippen molar-refractivity contribution in [1.82, 2.24) is 10.3 Å². The van der Waals surface area contributed by atoms with E-state index in [2.05, 4.69) is 15.0 Å². The number of nitrogens with one attached hydrogen (secondary N) is 1. The summed E-state index contributed by atoms with van der Waals surface area (Å²) in [6.45, 7) is 2.87. The van der Waals surface area contributed by atoms with Crippen LogP contribution in [0.3, 0.4) is 0 Å². The van der Waals surface area contributed by atoms with Crippen molar-refractivity contribution < 1.29 is 19.1 Å². The van der Waals surface area contributed by atoms with Gasteiger partial charge in [-0.15, -0.1) is 0 Å². The number of aromatic nitrogens is 1. The molecule has 1 aromatic carbocycles. The minimum atomic E-state index is -0.479. The maximum Gasteiger partial charge on any atom is 0.337 e. The van der Waals surface area contributed by atoms with E-state index in [9.17, 15) is 9.59 Å². The molecule has 1 aromatic heterocycles. The van der Waals surface area contributed by atoms with Gasteiger partial charge in [-0.25, -0.2) is 9.78 Å². The molecule has 0 aliphatic carbocycles. The Morgan fingerprint density at radius 1 is 1.17 bits per heavy atom. The minimum absolute atomic E-state index is 0.286. The molecule has 0 radical (unpaired) electrons. The quantitative estimate of drug-likeness (QED) is 0.791. The van der Waals surface area contributed by atoms with Gasteiger partial charge in [-0.2, -0.15) is 0 Å². The Balaban J connectivity index is 2.05. The maximum atomic E-state index is 12.3. The van der Waals surface area contributed by atoms with Gasteiger partial charge in [0.2, 0.25) is 5.88 Å². The van der Waals surface area contributed by atoms with Crippen molar-refractivity contribution in [2.24, 2.45) is 0 Å². The number of hydrogen-bond donors (Lipinski definition) is 1. The summed E-state index contributed by atoms with van der Waals surface area (Å²) in [6.07, 6.45) is 2.53. The van der Waals surface area contributed by atoms with Crippen LogP contribution < -0.4 is 10.1 Å². The van der Waals surface area contributed by atoms with Crippen LogP contribution in [0.15, 0.2) is 42.6 Å². The predicted octanol–water partition coefficient (Wildman–Crippen LogP) is 2.59. The van der Waals surface area contributed by atoms with Gasteiger partial charge in [0.25, 0.3) is 5.91 Å². The van der Waals surface area contributed by atoms with Crippen LogP contribution in [0.1, 0.15) is 39.6 Å². The summed E-state index contributed by atoms with van der Waals surface area (Å²) in [5, 5.41) is 2.81. The second kappa shape index (κ2) is 8.67. The molecular weight excluding hydrogens is 308 g/mol. The monoisotopic (exact) mass is 328 g/mol. The number of rotatable bonds is 7. The van der Waals surface area contributed by atoms with Crippen LogP contribution >= 0.6 is 0 Å². The fourth-order valence-electron chi connectivity index (χ4n) is 2.07. The van der Waals surface area contributed by atoms with Gasteiger partial charge in [0.15, 0.2) is 0 Å². The third kappa shape index (κ3) is 4.55. The van der Waals surface area contributed by atoms with E-state index in [1.165, 1.54) is 13.2 Å². The Bertz CT molecular complexity index is 716. The summed E-state index contributed by atoms with van der Waals surface area (Å²) in [5.41, 5.74) is 1.51. The Labute approximate surface area is 140 Å². The van der Waals surface area contributed by atoms with Crippen LogP contribution in [0.25, 0.3) is 0 Å². The molecular formula is C18H20N2O4. The number of benzene rings is 1. The molecule has 6 heteroatoms. The number of nitrogens with zero attached hydrogens (tertiary/aromatic N) is 1. The van der Waals surface area contributed by atoms with Gasteiger partial charge in [-0.05, 0) is 30.7 Å². The molecule has 2 aromatic rings. The van der Waals surface area contributed by atoms with E-state index in [4.69, 9.17) is 4.74 Å². The van der Waals surface area contributed by atoms with Crippen molar-refractivity contribution in [1.29, 1.82) is 0 Å². The molecule has 0 atom stereocenters. The standard InChI is InChI=1S/C18H20N2O4/c1-3-10-24-17-15(8-5-9-19-17)12-20-16(21)13-6-4-7-14(11-13)18(22)23-2/h4-9,11H,3,10,12H2,1-2H3,(H,20,21). The van der Waals surface area contributed by atoms with Crippen LogP contribution in [0.5, 0.6) is 5.88 Å². The van der Waals surface area contributed by atoms with E-state index < -0.39 is 5.97 Å². The highest BCUT2D eigenvalue weighted by Gasteiger charge is 2.12. The highest BCUT2D eigenvalue weighted by molar-refractivity contribution is 5.97. The number of esters is 1. The zero-order valence-corrected chi connectivity index (χ0v) is 13.7. The van der Waals surface area contributed by atoms with Crippen LogP contribution in [0, 0.1) is 0 Å². The first kappa shape index (κ1) is 17.5. The van der Waals surface area contributed by atoms with Gasteiger partial charge in [-0.1, -0.05) is 19.1 Å². The Hall–Kier alpha value is -2.89. The van der Waals surface area contributed by atoms with Gasteiger partial charge >= 0.3 is 5.97 Å². The molecule has 2 rings (SSSR count). The van der Waals surface area contributed by atoms with Crippen molar-refractivity contribution in [3.63, 3.8) is 0 Å². The van der Waals surface area contributed by atoms with Crippen LogP contribution in [0.2, 0.25) is 0 Å². The summed E-state index contributed by atoms with van der Waals surface area (Å²) in [4.78, 5) is 28.0. The summed E-state index contributed by atoms with van der Waals surface area (Å²) in [5.74, 6) is -0.249. The average Bonchev–Trinajstić information content (AvgIpc) is 2.64. The summed E-state index contributed by atoms with van der Waals surface area (Å²) >= 11 is 0. The summed E-state index contributed by atoms with van der Waals surface area (Å²) < 4.78 is 10.2. The highest BCUT2D eigenvalue weighted by Crippen LogP contribution is 2.14. The molecule has 0 saturated heterocycles. The Morgan fingerprint density at radius 3 is 2.71 bits per heavy atom. The Morgan fingerprint density at radius 2 is 1.96 bits per heavy atom. The van der Waals surface area contributed by atoms with E-state index in [1.807, 2.05) is 13.0 Å². The fraction of sp³-hybridized carbons (Fsp3) is 0.278. The molecule has 6 nitrogen and oxygen atoms in total. The highest BCUT2D eigenvalue weighted by atomic mass is 16.5. The lowest BCUT2D eigenvalue weighted by molar-refractivity contribution is 0.0600. The van der Waals surface area contributed by atoms with Crippen molar-refractivity contribution in [2.75, 3.05) is 13.7 Å². The number of amides is 1. The van der Waals surface area contributed by atoms with E-state index in [0.717, 1.165) is 12.0 Å². The van der Waals surface area contributed by atoms with Gasteiger partial charge < -0.3 is 14.8 Å².